The number of fused-ring (bicyclic) bond motifs is 1. The molecule has 0 saturated carbocycles. The molecule has 2 aromatic carbocycles. The van der Waals surface area contributed by atoms with Crippen LogP contribution in [-0.4, -0.2) is 0 Å². The molecule has 0 aromatic heterocycles. The van der Waals surface area contributed by atoms with Crippen LogP contribution in [0.2, 0.25) is 0 Å². The van der Waals surface area contributed by atoms with Crippen molar-refractivity contribution in [2.75, 3.05) is 0 Å². The molecule has 2 aromatic rings. The zero-order valence-electron chi connectivity index (χ0n) is 12.1. The van der Waals surface area contributed by atoms with Crippen molar-refractivity contribution in [1.82, 2.24) is 0 Å². The van der Waals surface area contributed by atoms with Gasteiger partial charge in [0.25, 0.3) is 0 Å². The molecule has 3 rings (SSSR count). The first-order valence-electron chi connectivity index (χ1n) is 7.02. The standard InChI is InChI=1S/C18H16N2O/c1-18(2)10-17(20-21)15-8-7-14(9-16(15)18)13-5-3-12(11-19)4-6-13/h3-9,17H,10H2,1-2H3. The van der Waals surface area contributed by atoms with Crippen molar-refractivity contribution in [2.45, 2.75) is 31.7 Å². The Morgan fingerprint density at radius 1 is 1.14 bits per heavy atom. The molecular weight excluding hydrogens is 260 g/mol. The Morgan fingerprint density at radius 3 is 2.43 bits per heavy atom. The Balaban J connectivity index is 2.07. The van der Waals surface area contributed by atoms with Crippen LogP contribution in [0.15, 0.2) is 47.6 Å². The number of nitrogens with zero attached hydrogens (tertiary/aromatic N) is 2. The molecule has 0 fully saturated rings. The molecule has 1 aliphatic rings. The summed E-state index contributed by atoms with van der Waals surface area (Å²) in [5, 5.41) is 12.1. The molecule has 0 bridgehead atoms. The summed E-state index contributed by atoms with van der Waals surface area (Å²) in [6.45, 7) is 4.30. The summed E-state index contributed by atoms with van der Waals surface area (Å²) in [4.78, 5) is 11.0. The predicted molar refractivity (Wildman–Crippen MR) is 82.8 cm³/mol. The second-order valence-corrected chi connectivity index (χ2v) is 6.20. The lowest BCUT2D eigenvalue weighted by molar-refractivity contribution is 0.481. The fourth-order valence-electron chi connectivity index (χ4n) is 3.15. The first kappa shape index (κ1) is 13.5. The van der Waals surface area contributed by atoms with E-state index in [-0.39, 0.29) is 11.5 Å². The van der Waals surface area contributed by atoms with Gasteiger partial charge < -0.3 is 0 Å². The molecule has 3 heteroatoms. The third kappa shape index (κ3) is 2.23. The fourth-order valence-corrected chi connectivity index (χ4v) is 3.15. The van der Waals surface area contributed by atoms with Crippen LogP contribution in [0.3, 0.4) is 0 Å². The second kappa shape index (κ2) is 4.82. The number of nitriles is 1. The van der Waals surface area contributed by atoms with Gasteiger partial charge in [-0.3, -0.25) is 0 Å². The predicted octanol–water partition coefficient (Wildman–Crippen LogP) is 4.71. The first-order valence-corrected chi connectivity index (χ1v) is 7.02. The van der Waals surface area contributed by atoms with Crippen LogP contribution in [0.5, 0.6) is 0 Å². The molecular formula is C18H16N2O. The minimum Gasteiger partial charge on any atom is -0.192 e. The highest BCUT2D eigenvalue weighted by Crippen LogP contribution is 2.47. The molecule has 3 nitrogen and oxygen atoms in total. The monoisotopic (exact) mass is 276 g/mol. The lowest BCUT2D eigenvalue weighted by Gasteiger charge is -2.19. The van der Waals surface area contributed by atoms with Crippen LogP contribution in [0.1, 0.15) is 43.0 Å². The van der Waals surface area contributed by atoms with Gasteiger partial charge in [-0.2, -0.15) is 10.2 Å². The molecule has 0 spiro atoms. The van der Waals surface area contributed by atoms with Crippen molar-refractivity contribution in [3.63, 3.8) is 0 Å². The quantitative estimate of drug-likeness (QED) is 0.745. The molecule has 1 aliphatic carbocycles. The minimum absolute atomic E-state index is 0.0312. The zero-order chi connectivity index (χ0) is 15.0. The van der Waals surface area contributed by atoms with Crippen LogP contribution in [0, 0.1) is 16.2 Å². The van der Waals surface area contributed by atoms with Gasteiger partial charge in [0.2, 0.25) is 0 Å². The summed E-state index contributed by atoms with van der Waals surface area (Å²) in [6.07, 6.45) is 0.767. The van der Waals surface area contributed by atoms with Crippen molar-refractivity contribution >= 4 is 0 Å². The summed E-state index contributed by atoms with van der Waals surface area (Å²) in [5.41, 5.74) is 5.07. The van der Waals surface area contributed by atoms with Crippen LogP contribution >= 0.6 is 0 Å². The van der Waals surface area contributed by atoms with Crippen LogP contribution in [-0.2, 0) is 5.41 Å². The number of rotatable bonds is 2. The van der Waals surface area contributed by atoms with Crippen molar-refractivity contribution < 1.29 is 0 Å². The van der Waals surface area contributed by atoms with Crippen LogP contribution in [0.4, 0.5) is 0 Å². The number of hydrogen-bond donors (Lipinski definition) is 0. The number of nitroso groups, excluding NO2 is 1. The van der Waals surface area contributed by atoms with E-state index in [1.807, 2.05) is 36.4 Å². The van der Waals surface area contributed by atoms with Gasteiger partial charge in [0, 0.05) is 0 Å². The van der Waals surface area contributed by atoms with E-state index in [1.54, 1.807) is 0 Å². The van der Waals surface area contributed by atoms with Gasteiger partial charge in [-0.25, -0.2) is 0 Å². The van der Waals surface area contributed by atoms with Crippen molar-refractivity contribution in [1.29, 1.82) is 5.26 Å². The lowest BCUT2D eigenvalue weighted by atomic mass is 9.85. The number of hydrogen-bond acceptors (Lipinski definition) is 3. The summed E-state index contributed by atoms with van der Waals surface area (Å²) in [5.74, 6) is 0. The zero-order valence-corrected chi connectivity index (χ0v) is 12.1. The van der Waals surface area contributed by atoms with E-state index in [0.29, 0.717) is 5.56 Å². The van der Waals surface area contributed by atoms with Crippen LogP contribution < -0.4 is 0 Å². The molecule has 0 heterocycles. The Hall–Kier alpha value is -2.47. The molecule has 1 atom stereocenters. The molecule has 104 valence electrons. The topological polar surface area (TPSA) is 53.2 Å². The third-order valence-electron chi connectivity index (χ3n) is 4.32. The van der Waals surface area contributed by atoms with E-state index in [9.17, 15) is 4.91 Å². The average Bonchev–Trinajstić information content (AvgIpc) is 2.78. The Bertz CT molecular complexity index is 739. The molecule has 0 N–H and O–H groups in total. The highest BCUT2D eigenvalue weighted by Gasteiger charge is 2.37. The van der Waals surface area contributed by atoms with E-state index >= 15 is 0 Å². The average molecular weight is 276 g/mol. The van der Waals surface area contributed by atoms with Gasteiger partial charge in [0.15, 0.2) is 0 Å². The van der Waals surface area contributed by atoms with Crippen molar-refractivity contribution in [2.24, 2.45) is 5.18 Å². The van der Waals surface area contributed by atoms with Crippen LogP contribution in [0.25, 0.3) is 11.1 Å². The molecule has 0 saturated heterocycles. The van der Waals surface area contributed by atoms with Gasteiger partial charge in [0.1, 0.15) is 6.04 Å². The Labute approximate surface area is 124 Å². The maximum absolute atomic E-state index is 11.0. The maximum atomic E-state index is 11.0. The molecule has 0 aliphatic heterocycles. The van der Waals surface area contributed by atoms with Crippen molar-refractivity contribution in [3.8, 4) is 17.2 Å². The van der Waals surface area contributed by atoms with Gasteiger partial charge >= 0.3 is 0 Å². The first-order chi connectivity index (χ1) is 10.0. The summed E-state index contributed by atoms with van der Waals surface area (Å²) >= 11 is 0. The largest absolute Gasteiger partial charge is 0.192 e. The van der Waals surface area contributed by atoms with E-state index in [1.165, 1.54) is 5.56 Å². The highest BCUT2D eigenvalue weighted by atomic mass is 16.3. The molecule has 0 radical (unpaired) electrons. The van der Waals surface area contributed by atoms with E-state index in [2.05, 4.69) is 31.2 Å². The number of benzene rings is 2. The normalized spacial score (nSPS) is 18.8. The van der Waals surface area contributed by atoms with E-state index in [0.717, 1.165) is 23.1 Å². The maximum Gasteiger partial charge on any atom is 0.118 e. The van der Waals surface area contributed by atoms with E-state index in [4.69, 9.17) is 5.26 Å². The molecule has 1 unspecified atom stereocenters. The van der Waals surface area contributed by atoms with Crippen molar-refractivity contribution in [3.05, 3.63) is 64.1 Å². The van der Waals surface area contributed by atoms with E-state index < -0.39 is 0 Å². The SMILES string of the molecule is CC1(C)CC(N=O)c2ccc(-c3ccc(C#N)cc3)cc21. The van der Waals surface area contributed by atoms with Gasteiger partial charge in [-0.05, 0) is 46.2 Å². The Morgan fingerprint density at radius 2 is 1.81 bits per heavy atom. The molecule has 21 heavy (non-hydrogen) atoms. The second-order valence-electron chi connectivity index (χ2n) is 6.20. The lowest BCUT2D eigenvalue weighted by Crippen LogP contribution is -2.12. The van der Waals surface area contributed by atoms with Gasteiger partial charge in [-0.15, -0.1) is 0 Å². The summed E-state index contributed by atoms with van der Waals surface area (Å²) < 4.78 is 0. The molecule has 0 amide bonds. The van der Waals surface area contributed by atoms with Gasteiger partial charge in [-0.1, -0.05) is 49.4 Å². The summed E-state index contributed by atoms with van der Waals surface area (Å²) in [7, 11) is 0. The third-order valence-corrected chi connectivity index (χ3v) is 4.32. The Kier molecular flexibility index (Phi) is 3.10. The summed E-state index contributed by atoms with van der Waals surface area (Å²) in [6, 6.07) is 15.7. The highest BCUT2D eigenvalue weighted by molar-refractivity contribution is 5.67. The fraction of sp³-hybridized carbons (Fsp3) is 0.278. The minimum atomic E-state index is -0.231. The smallest absolute Gasteiger partial charge is 0.118 e. The van der Waals surface area contributed by atoms with Gasteiger partial charge in [0.05, 0.1) is 11.6 Å².